The molecule has 0 spiro atoms. The third-order valence-corrected chi connectivity index (χ3v) is 6.03. The quantitative estimate of drug-likeness (QED) is 0.519. The predicted molar refractivity (Wildman–Crippen MR) is 124 cm³/mol. The fourth-order valence-corrected chi connectivity index (χ4v) is 4.56. The van der Waals surface area contributed by atoms with Crippen LogP contribution in [0.25, 0.3) is 10.9 Å². The summed E-state index contributed by atoms with van der Waals surface area (Å²) in [6.07, 6.45) is 5.31. The number of hydrogen-bond acceptors (Lipinski definition) is 4. The molecule has 2 amide bonds. The Morgan fingerprint density at radius 1 is 1.28 bits per heavy atom. The van der Waals surface area contributed by atoms with E-state index in [-0.39, 0.29) is 11.9 Å². The van der Waals surface area contributed by atoms with Crippen LogP contribution in [0.4, 0.5) is 5.69 Å². The minimum atomic E-state index is -0.0950. The maximum atomic E-state index is 11.9. The number of ether oxygens (including phenoxy) is 2. The molecule has 7 heteroatoms. The zero-order valence-electron chi connectivity index (χ0n) is 18.7. The van der Waals surface area contributed by atoms with E-state index in [0.29, 0.717) is 18.9 Å². The first-order valence-electron chi connectivity index (χ1n) is 11.0. The second-order valence-electron chi connectivity index (χ2n) is 8.04. The Labute approximate surface area is 187 Å². The summed E-state index contributed by atoms with van der Waals surface area (Å²) < 4.78 is 11.3. The van der Waals surface area contributed by atoms with Crippen molar-refractivity contribution >= 4 is 28.9 Å². The first-order valence-corrected chi connectivity index (χ1v) is 11.0. The molecule has 7 nitrogen and oxygen atoms in total. The van der Waals surface area contributed by atoms with Gasteiger partial charge in [-0.2, -0.15) is 0 Å². The summed E-state index contributed by atoms with van der Waals surface area (Å²) in [4.78, 5) is 28.5. The standard InChI is InChI=1S/C25H29N3O4/c1-4-32-25-13-21-17(11-24(25)31-3)9-10-28(15-29)23(21)8-5-18-14-26-22-7-6-19(12-20(18)22)27-16(2)30/h6-7,11-15,23,26H,4-5,8-10H2,1-3H3,(H,27,30)/t23-/m0/s1. The topological polar surface area (TPSA) is 83.7 Å². The summed E-state index contributed by atoms with van der Waals surface area (Å²) in [7, 11) is 1.65. The molecule has 1 atom stereocenters. The third-order valence-electron chi connectivity index (χ3n) is 6.03. The van der Waals surface area contributed by atoms with E-state index < -0.39 is 0 Å². The van der Waals surface area contributed by atoms with Crippen LogP contribution in [-0.4, -0.2) is 42.5 Å². The van der Waals surface area contributed by atoms with E-state index in [1.165, 1.54) is 12.5 Å². The number of aryl methyl sites for hydroxylation is 1. The summed E-state index contributed by atoms with van der Waals surface area (Å²) in [6, 6.07) is 9.89. The van der Waals surface area contributed by atoms with Crippen LogP contribution in [0.3, 0.4) is 0 Å². The summed E-state index contributed by atoms with van der Waals surface area (Å²) in [5.41, 5.74) is 5.26. The number of amides is 2. The number of carbonyl (C=O) groups is 2. The molecule has 1 aliphatic rings. The Hall–Kier alpha value is -3.48. The number of fused-ring (bicyclic) bond motifs is 2. The van der Waals surface area contributed by atoms with Gasteiger partial charge in [-0.3, -0.25) is 9.59 Å². The second kappa shape index (κ2) is 9.34. The predicted octanol–water partition coefficient (Wildman–Crippen LogP) is 4.22. The molecule has 32 heavy (non-hydrogen) atoms. The molecule has 0 bridgehead atoms. The number of rotatable bonds is 8. The van der Waals surface area contributed by atoms with Crippen LogP contribution in [0.15, 0.2) is 36.5 Å². The van der Waals surface area contributed by atoms with Gasteiger partial charge in [0.15, 0.2) is 11.5 Å². The van der Waals surface area contributed by atoms with E-state index in [0.717, 1.165) is 59.1 Å². The van der Waals surface area contributed by atoms with Crippen molar-refractivity contribution in [2.75, 3.05) is 25.6 Å². The van der Waals surface area contributed by atoms with Gasteiger partial charge in [0.2, 0.25) is 12.3 Å². The number of benzene rings is 2. The van der Waals surface area contributed by atoms with Gasteiger partial charge in [0.25, 0.3) is 0 Å². The van der Waals surface area contributed by atoms with E-state index in [9.17, 15) is 9.59 Å². The maximum Gasteiger partial charge on any atom is 0.221 e. The first-order chi connectivity index (χ1) is 15.5. The van der Waals surface area contributed by atoms with Gasteiger partial charge in [0.1, 0.15) is 0 Å². The molecule has 1 aliphatic heterocycles. The molecule has 4 rings (SSSR count). The molecule has 0 saturated heterocycles. The van der Waals surface area contributed by atoms with Gasteiger partial charge < -0.3 is 24.7 Å². The average molecular weight is 436 g/mol. The van der Waals surface area contributed by atoms with Crippen molar-refractivity contribution in [1.29, 1.82) is 0 Å². The van der Waals surface area contributed by atoms with Crippen LogP contribution in [0.2, 0.25) is 0 Å². The summed E-state index contributed by atoms with van der Waals surface area (Å²) in [6.45, 7) is 4.67. The Bertz CT molecular complexity index is 1140. The van der Waals surface area contributed by atoms with Gasteiger partial charge in [0.05, 0.1) is 19.8 Å². The summed E-state index contributed by atoms with van der Waals surface area (Å²) >= 11 is 0. The number of carbonyl (C=O) groups excluding carboxylic acids is 2. The van der Waals surface area contributed by atoms with Crippen molar-refractivity contribution in [3.05, 3.63) is 53.2 Å². The van der Waals surface area contributed by atoms with E-state index in [4.69, 9.17) is 9.47 Å². The van der Waals surface area contributed by atoms with Crippen LogP contribution in [-0.2, 0) is 22.4 Å². The molecule has 2 heterocycles. The number of methoxy groups -OCH3 is 1. The monoisotopic (exact) mass is 435 g/mol. The van der Waals surface area contributed by atoms with Gasteiger partial charge in [-0.1, -0.05) is 0 Å². The smallest absolute Gasteiger partial charge is 0.221 e. The minimum Gasteiger partial charge on any atom is -0.493 e. The normalized spacial score (nSPS) is 15.3. The number of aromatic amines is 1. The lowest BCUT2D eigenvalue weighted by Crippen LogP contribution is -2.34. The largest absolute Gasteiger partial charge is 0.493 e. The second-order valence-corrected chi connectivity index (χ2v) is 8.04. The molecule has 168 valence electrons. The van der Waals surface area contributed by atoms with Crippen LogP contribution >= 0.6 is 0 Å². The highest BCUT2D eigenvalue weighted by Gasteiger charge is 2.28. The van der Waals surface area contributed by atoms with Gasteiger partial charge in [-0.05, 0) is 73.2 Å². The van der Waals surface area contributed by atoms with Gasteiger partial charge in [-0.15, -0.1) is 0 Å². The van der Waals surface area contributed by atoms with Gasteiger partial charge in [0, 0.05) is 36.3 Å². The number of aromatic nitrogens is 1. The highest BCUT2D eigenvalue weighted by molar-refractivity contribution is 5.93. The Kier molecular flexibility index (Phi) is 6.35. The Morgan fingerprint density at radius 3 is 2.84 bits per heavy atom. The Morgan fingerprint density at radius 2 is 2.12 bits per heavy atom. The number of nitrogens with zero attached hydrogens (tertiary/aromatic N) is 1. The third kappa shape index (κ3) is 4.28. The number of anilines is 1. The van der Waals surface area contributed by atoms with Gasteiger partial charge in [-0.25, -0.2) is 0 Å². The van der Waals surface area contributed by atoms with Crippen LogP contribution in [0, 0.1) is 0 Å². The zero-order valence-corrected chi connectivity index (χ0v) is 18.7. The first kappa shape index (κ1) is 21.7. The van der Waals surface area contributed by atoms with Crippen molar-refractivity contribution in [2.24, 2.45) is 0 Å². The van der Waals surface area contributed by atoms with Crippen molar-refractivity contribution in [3.63, 3.8) is 0 Å². The lowest BCUT2D eigenvalue weighted by molar-refractivity contribution is -0.121. The molecule has 0 aliphatic carbocycles. The number of nitrogens with one attached hydrogen (secondary N) is 2. The molecule has 0 radical (unpaired) electrons. The maximum absolute atomic E-state index is 11.9. The van der Waals surface area contributed by atoms with Crippen LogP contribution < -0.4 is 14.8 Å². The van der Waals surface area contributed by atoms with Crippen LogP contribution in [0.5, 0.6) is 11.5 Å². The van der Waals surface area contributed by atoms with Crippen LogP contribution in [0.1, 0.15) is 43.0 Å². The lowest BCUT2D eigenvalue weighted by atomic mass is 9.88. The molecule has 3 aromatic rings. The van der Waals surface area contributed by atoms with Crippen molar-refractivity contribution in [2.45, 2.75) is 39.2 Å². The average Bonchev–Trinajstić information content (AvgIpc) is 3.19. The van der Waals surface area contributed by atoms with Gasteiger partial charge >= 0.3 is 0 Å². The lowest BCUT2D eigenvalue weighted by Gasteiger charge is -2.35. The Balaban J connectivity index is 1.63. The SMILES string of the molecule is CCOc1cc2c(cc1OC)CCN(C=O)[C@H]2CCc1c[nH]c2ccc(NC(C)=O)cc12. The minimum absolute atomic E-state index is 0.0372. The fraction of sp³-hybridized carbons (Fsp3) is 0.360. The van der Waals surface area contributed by atoms with E-state index in [2.05, 4.69) is 10.3 Å². The van der Waals surface area contributed by atoms with E-state index >= 15 is 0 Å². The van der Waals surface area contributed by atoms with Crippen molar-refractivity contribution in [3.8, 4) is 11.5 Å². The molecule has 2 aromatic carbocycles. The number of H-pyrrole nitrogens is 1. The molecule has 2 N–H and O–H groups in total. The molecule has 0 unspecified atom stereocenters. The highest BCUT2D eigenvalue weighted by Crippen LogP contribution is 2.40. The molecular weight excluding hydrogens is 406 g/mol. The van der Waals surface area contributed by atoms with E-state index in [1.54, 1.807) is 7.11 Å². The highest BCUT2D eigenvalue weighted by atomic mass is 16.5. The summed E-state index contributed by atoms with van der Waals surface area (Å²) in [5.74, 6) is 1.34. The van der Waals surface area contributed by atoms with Crippen molar-refractivity contribution in [1.82, 2.24) is 9.88 Å². The molecule has 0 saturated carbocycles. The fourth-order valence-electron chi connectivity index (χ4n) is 4.56. The molecular formula is C25H29N3O4. The number of hydrogen-bond donors (Lipinski definition) is 2. The molecule has 0 fully saturated rings. The summed E-state index contributed by atoms with van der Waals surface area (Å²) in [5, 5.41) is 3.92. The molecule has 1 aromatic heterocycles. The van der Waals surface area contributed by atoms with Crippen molar-refractivity contribution < 1.29 is 19.1 Å². The zero-order chi connectivity index (χ0) is 22.7. The van der Waals surface area contributed by atoms with E-state index in [1.807, 2.05) is 48.4 Å².